The van der Waals surface area contributed by atoms with Gasteiger partial charge in [0, 0.05) is 24.2 Å². The summed E-state index contributed by atoms with van der Waals surface area (Å²) in [5, 5.41) is 10.8. The molecule has 1 fully saturated rings. The highest BCUT2D eigenvalue weighted by atomic mass is 32.2. The lowest BCUT2D eigenvalue weighted by atomic mass is 10.1. The molecule has 0 aliphatic carbocycles. The van der Waals surface area contributed by atoms with Crippen LogP contribution in [0.3, 0.4) is 0 Å². The Hall–Kier alpha value is -0.670. The van der Waals surface area contributed by atoms with E-state index >= 15 is 0 Å². The second-order valence-electron chi connectivity index (χ2n) is 5.18. The van der Waals surface area contributed by atoms with Crippen LogP contribution < -0.4 is 5.73 Å². The summed E-state index contributed by atoms with van der Waals surface area (Å²) in [4.78, 5) is 0. The average molecular weight is 306 g/mol. The van der Waals surface area contributed by atoms with Crippen LogP contribution in [0, 0.1) is 0 Å². The van der Waals surface area contributed by atoms with Crippen molar-refractivity contribution in [2.45, 2.75) is 29.8 Å². The standard InChI is InChI=1S/C11H18N2O4S2/c1-11(2)7-13(4-9(5-14)17-11)19(15,16)10-3-8(12)6-18-10/h3,6,9,14H,4-5,7,12H2,1-2H3. The topological polar surface area (TPSA) is 92.9 Å². The smallest absolute Gasteiger partial charge is 0.252 e. The summed E-state index contributed by atoms with van der Waals surface area (Å²) < 4.78 is 32.2. The minimum absolute atomic E-state index is 0.153. The number of aliphatic hydroxyl groups excluding tert-OH is 1. The number of nitrogens with two attached hydrogens (primary N) is 1. The van der Waals surface area contributed by atoms with Gasteiger partial charge >= 0.3 is 0 Å². The lowest BCUT2D eigenvalue weighted by Crippen LogP contribution is -2.55. The largest absolute Gasteiger partial charge is 0.398 e. The Labute approximate surface area is 116 Å². The van der Waals surface area contributed by atoms with E-state index in [1.807, 2.05) is 0 Å². The van der Waals surface area contributed by atoms with Gasteiger partial charge in [0.15, 0.2) is 0 Å². The Balaban J connectivity index is 2.29. The highest BCUT2D eigenvalue weighted by Gasteiger charge is 2.39. The molecule has 1 unspecified atom stereocenters. The number of nitrogen functional groups attached to an aromatic ring is 1. The highest BCUT2D eigenvalue weighted by molar-refractivity contribution is 7.91. The molecule has 1 aromatic heterocycles. The van der Waals surface area contributed by atoms with Gasteiger partial charge in [0.1, 0.15) is 4.21 Å². The molecular formula is C11H18N2O4S2. The molecule has 0 spiro atoms. The molecule has 0 radical (unpaired) electrons. The maximum Gasteiger partial charge on any atom is 0.252 e. The summed E-state index contributed by atoms with van der Waals surface area (Å²) in [6, 6.07) is 1.45. The van der Waals surface area contributed by atoms with Gasteiger partial charge in [-0.1, -0.05) is 0 Å². The minimum atomic E-state index is -3.57. The molecule has 8 heteroatoms. The van der Waals surface area contributed by atoms with Crippen molar-refractivity contribution in [3.8, 4) is 0 Å². The third kappa shape index (κ3) is 3.09. The molecule has 0 saturated carbocycles. The molecule has 1 aliphatic heterocycles. The fraction of sp³-hybridized carbons (Fsp3) is 0.636. The number of sulfonamides is 1. The highest BCUT2D eigenvalue weighted by Crippen LogP contribution is 2.30. The second kappa shape index (κ2) is 5.02. The summed E-state index contributed by atoms with van der Waals surface area (Å²) in [5.41, 5.74) is 5.39. The Morgan fingerprint density at radius 2 is 2.32 bits per heavy atom. The lowest BCUT2D eigenvalue weighted by molar-refractivity contribution is -0.131. The van der Waals surface area contributed by atoms with E-state index in [0.29, 0.717) is 5.69 Å². The van der Waals surface area contributed by atoms with Gasteiger partial charge in [0.2, 0.25) is 0 Å². The third-order valence-electron chi connectivity index (χ3n) is 2.84. The summed E-state index contributed by atoms with van der Waals surface area (Å²) in [6.07, 6.45) is -0.504. The van der Waals surface area contributed by atoms with Crippen LogP contribution in [0.25, 0.3) is 0 Å². The lowest BCUT2D eigenvalue weighted by Gasteiger charge is -2.41. The van der Waals surface area contributed by atoms with Crippen LogP contribution in [0.15, 0.2) is 15.7 Å². The van der Waals surface area contributed by atoms with E-state index in [-0.39, 0.29) is 23.9 Å². The van der Waals surface area contributed by atoms with Crippen molar-refractivity contribution in [3.05, 3.63) is 11.4 Å². The van der Waals surface area contributed by atoms with E-state index < -0.39 is 21.7 Å². The molecule has 6 nitrogen and oxygen atoms in total. The zero-order valence-corrected chi connectivity index (χ0v) is 12.5. The predicted octanol–water partition coefficient (Wildman–Crippen LogP) is 0.491. The number of thiophene rings is 1. The molecule has 2 rings (SSSR count). The Bertz CT molecular complexity index is 553. The number of hydrogen-bond acceptors (Lipinski definition) is 6. The summed E-state index contributed by atoms with van der Waals surface area (Å²) >= 11 is 1.10. The summed E-state index contributed by atoms with van der Waals surface area (Å²) in [7, 11) is -3.57. The molecule has 0 bridgehead atoms. The predicted molar refractivity (Wildman–Crippen MR) is 73.5 cm³/mol. The number of ether oxygens (including phenoxy) is 1. The van der Waals surface area contributed by atoms with E-state index in [1.165, 1.54) is 10.4 Å². The minimum Gasteiger partial charge on any atom is -0.398 e. The van der Waals surface area contributed by atoms with Gasteiger partial charge in [0.05, 0.1) is 18.3 Å². The van der Waals surface area contributed by atoms with Gasteiger partial charge < -0.3 is 15.6 Å². The van der Waals surface area contributed by atoms with E-state index in [4.69, 9.17) is 10.5 Å². The molecular weight excluding hydrogens is 288 g/mol. The van der Waals surface area contributed by atoms with Crippen molar-refractivity contribution in [2.24, 2.45) is 0 Å². The van der Waals surface area contributed by atoms with Gasteiger partial charge in [-0.2, -0.15) is 4.31 Å². The SMILES string of the molecule is CC1(C)CN(S(=O)(=O)c2cc(N)cs2)CC(CO)O1. The summed E-state index contributed by atoms with van der Waals surface area (Å²) in [5.74, 6) is 0. The number of morpholine rings is 1. The van der Waals surface area contributed by atoms with Crippen LogP contribution in [0.1, 0.15) is 13.8 Å². The Morgan fingerprint density at radius 3 is 2.84 bits per heavy atom. The molecule has 1 saturated heterocycles. The normalized spacial score (nSPS) is 24.5. The van der Waals surface area contributed by atoms with Crippen molar-refractivity contribution in [1.29, 1.82) is 0 Å². The number of nitrogens with zero attached hydrogens (tertiary/aromatic N) is 1. The summed E-state index contributed by atoms with van der Waals surface area (Å²) in [6.45, 7) is 3.81. The number of aliphatic hydroxyl groups is 1. The van der Waals surface area contributed by atoms with Gasteiger partial charge in [-0.05, 0) is 19.9 Å². The quantitative estimate of drug-likeness (QED) is 0.848. The molecule has 19 heavy (non-hydrogen) atoms. The molecule has 3 N–H and O–H groups in total. The van der Waals surface area contributed by atoms with Crippen LogP contribution in [-0.2, 0) is 14.8 Å². The van der Waals surface area contributed by atoms with Crippen LogP contribution in [0.5, 0.6) is 0 Å². The molecule has 1 aliphatic rings. The van der Waals surface area contributed by atoms with Crippen molar-refractivity contribution in [2.75, 3.05) is 25.4 Å². The maximum absolute atomic E-state index is 12.5. The molecule has 1 atom stereocenters. The molecule has 108 valence electrons. The van der Waals surface area contributed by atoms with E-state index in [1.54, 1.807) is 19.2 Å². The molecule has 2 heterocycles. The van der Waals surface area contributed by atoms with Gasteiger partial charge in [-0.25, -0.2) is 8.42 Å². The van der Waals surface area contributed by atoms with E-state index in [0.717, 1.165) is 11.3 Å². The zero-order chi connectivity index (χ0) is 14.3. The first-order valence-electron chi connectivity index (χ1n) is 5.87. The first-order chi connectivity index (χ1) is 8.74. The number of rotatable bonds is 3. The monoisotopic (exact) mass is 306 g/mol. The third-order valence-corrected chi connectivity index (χ3v) is 6.09. The Kier molecular flexibility index (Phi) is 3.90. The average Bonchev–Trinajstić information content (AvgIpc) is 2.74. The van der Waals surface area contributed by atoms with Crippen LogP contribution in [-0.4, -0.2) is 49.2 Å². The first kappa shape index (κ1) is 14.7. The molecule has 0 amide bonds. The van der Waals surface area contributed by atoms with Gasteiger partial charge in [-0.15, -0.1) is 11.3 Å². The Morgan fingerprint density at radius 1 is 1.63 bits per heavy atom. The van der Waals surface area contributed by atoms with E-state index in [9.17, 15) is 13.5 Å². The van der Waals surface area contributed by atoms with Gasteiger partial charge in [0.25, 0.3) is 10.0 Å². The fourth-order valence-electron chi connectivity index (χ4n) is 2.11. The second-order valence-corrected chi connectivity index (χ2v) is 8.25. The van der Waals surface area contributed by atoms with Crippen molar-refractivity contribution >= 4 is 27.0 Å². The van der Waals surface area contributed by atoms with E-state index in [2.05, 4.69) is 0 Å². The molecule has 1 aromatic rings. The van der Waals surface area contributed by atoms with Crippen molar-refractivity contribution in [3.63, 3.8) is 0 Å². The number of hydrogen-bond donors (Lipinski definition) is 2. The van der Waals surface area contributed by atoms with Crippen molar-refractivity contribution in [1.82, 2.24) is 4.31 Å². The zero-order valence-electron chi connectivity index (χ0n) is 10.9. The van der Waals surface area contributed by atoms with Crippen LogP contribution in [0.2, 0.25) is 0 Å². The first-order valence-corrected chi connectivity index (χ1v) is 8.19. The van der Waals surface area contributed by atoms with Crippen LogP contribution in [0.4, 0.5) is 5.69 Å². The van der Waals surface area contributed by atoms with Crippen LogP contribution >= 0.6 is 11.3 Å². The fourth-order valence-corrected chi connectivity index (χ4v) is 4.97. The van der Waals surface area contributed by atoms with Crippen molar-refractivity contribution < 1.29 is 18.3 Å². The maximum atomic E-state index is 12.5. The number of anilines is 1. The van der Waals surface area contributed by atoms with Gasteiger partial charge in [-0.3, -0.25) is 0 Å². The molecule has 0 aromatic carbocycles.